The second-order valence-corrected chi connectivity index (χ2v) is 4.73. The van der Waals surface area contributed by atoms with E-state index in [4.69, 9.17) is 0 Å². The predicted molar refractivity (Wildman–Crippen MR) is 61.1 cm³/mol. The van der Waals surface area contributed by atoms with Gasteiger partial charge in [0.15, 0.2) is 0 Å². The van der Waals surface area contributed by atoms with Gasteiger partial charge in [-0.2, -0.15) is 8.42 Å². The molecule has 15 heavy (non-hydrogen) atoms. The molecule has 1 amide bonds. The van der Waals surface area contributed by atoms with Crippen LogP contribution in [0.5, 0.6) is 0 Å². The van der Waals surface area contributed by atoms with Gasteiger partial charge in [0.1, 0.15) is 0 Å². The molecule has 0 aliphatic carbocycles. The van der Waals surface area contributed by atoms with Gasteiger partial charge in [-0.3, -0.25) is 8.98 Å². The molecule has 0 aromatic carbocycles. The third kappa shape index (κ3) is 9.32. The Labute approximate surface area is 123 Å². The third-order valence-corrected chi connectivity index (χ3v) is 3.04. The first-order valence-corrected chi connectivity index (χ1v) is 5.67. The van der Waals surface area contributed by atoms with Crippen LogP contribution in [0.25, 0.3) is 0 Å². The summed E-state index contributed by atoms with van der Waals surface area (Å²) in [5.41, 5.74) is 0. The van der Waals surface area contributed by atoms with Crippen LogP contribution in [0.4, 0.5) is 0 Å². The first kappa shape index (κ1) is 17.8. The molecule has 7 heteroatoms. The van der Waals surface area contributed by atoms with E-state index in [1.54, 1.807) is 6.92 Å². The number of carbonyl (C=O) groups is 1. The van der Waals surface area contributed by atoms with Crippen molar-refractivity contribution < 1.29 is 20.2 Å². The average molecular weight is 263 g/mol. The smallest absolute Gasteiger partial charge is 1.00 e. The van der Waals surface area contributed by atoms with Gasteiger partial charge >= 0.3 is 37.7 Å². The Hall–Kier alpha value is 0.380. The fraction of sp³-hybridized carbons (Fsp3) is 0.625. The molecule has 0 saturated carbocycles. The summed E-state index contributed by atoms with van der Waals surface area (Å²) in [7, 11) is -2.34. The molecule has 0 rings (SSSR count). The molecule has 1 atom stereocenters. The summed E-state index contributed by atoms with van der Waals surface area (Å²) in [6.07, 6.45) is 1.14. The van der Waals surface area contributed by atoms with Crippen LogP contribution in [-0.4, -0.2) is 71.5 Å². The Morgan fingerprint density at radius 1 is 1.67 bits per heavy atom. The maximum absolute atomic E-state index is 11.0. The van der Waals surface area contributed by atoms with Gasteiger partial charge in [0.25, 0.3) is 10.1 Å². The van der Waals surface area contributed by atoms with E-state index in [9.17, 15) is 13.2 Å². The van der Waals surface area contributed by atoms with E-state index in [0.29, 0.717) is 0 Å². The third-order valence-electron chi connectivity index (χ3n) is 1.55. The van der Waals surface area contributed by atoms with E-state index in [1.807, 2.05) is 0 Å². The number of hydrogen-bond acceptors (Lipinski definition) is 4. The Balaban J connectivity index is -0.000000282. The van der Waals surface area contributed by atoms with Gasteiger partial charge in [0, 0.05) is 6.54 Å². The molecule has 0 heterocycles. The molecule has 0 radical (unpaired) electrons. The molecule has 0 bridgehead atoms. The number of rotatable bonds is 6. The van der Waals surface area contributed by atoms with E-state index in [2.05, 4.69) is 16.1 Å². The molecule has 0 saturated heterocycles. The van der Waals surface area contributed by atoms with Crippen molar-refractivity contribution in [2.24, 2.45) is 5.92 Å². The summed E-state index contributed by atoms with van der Waals surface area (Å²) in [5.74, 6) is -0.614. The first-order chi connectivity index (χ1) is 6.41. The number of carbonyl (C=O) groups excluding carboxylic acids is 1. The molecule has 0 fully saturated rings. The monoisotopic (exact) mass is 263 g/mol. The molecule has 1 N–H and O–H groups in total. The molecule has 0 spiro atoms. The molecule has 0 aromatic heterocycles. The predicted octanol–water partition coefficient (Wildman–Crippen LogP) is -0.255. The van der Waals surface area contributed by atoms with E-state index in [1.165, 1.54) is 0 Å². The number of hydrogen-bond donors (Lipinski definition) is 1. The Morgan fingerprint density at radius 2 is 2.20 bits per heavy atom. The normalized spacial score (nSPS) is 12.4. The van der Waals surface area contributed by atoms with Crippen LogP contribution in [-0.2, 0) is 19.1 Å². The molecule has 86 valence electrons. The molecule has 1 unspecified atom stereocenters. The summed E-state index contributed by atoms with van der Waals surface area (Å²) in [6, 6.07) is 0. The van der Waals surface area contributed by atoms with Gasteiger partial charge in [-0.05, 0) is 12.0 Å². The first-order valence-electron chi connectivity index (χ1n) is 4.10. The molecule has 0 aliphatic rings. The van der Waals surface area contributed by atoms with Crippen molar-refractivity contribution >= 4 is 53.8 Å². The second kappa shape index (κ2) is 8.52. The largest absolute Gasteiger partial charge is 2.00 e. The van der Waals surface area contributed by atoms with Crippen molar-refractivity contribution in [2.45, 2.75) is 6.92 Å². The van der Waals surface area contributed by atoms with Crippen LogP contribution in [0.2, 0.25) is 0 Å². The van der Waals surface area contributed by atoms with Crippen molar-refractivity contribution in [3.8, 4) is 0 Å². The maximum Gasteiger partial charge on any atom is 2.00 e. The van der Waals surface area contributed by atoms with Crippen LogP contribution in [0, 0.1) is 5.92 Å². The van der Waals surface area contributed by atoms with Crippen molar-refractivity contribution in [1.82, 2.24) is 5.32 Å². The van der Waals surface area contributed by atoms with Crippen molar-refractivity contribution in [3.63, 3.8) is 0 Å². The number of nitrogens with one attached hydrogen (secondary N) is 1. The standard InChI is InChI=1S/C8H15NO4S.Ca.2H/c1-4-8(10)9-5-7(2)6-14(11,12)13-3;;;/h4,7H,1,5-6H2,2-3H3,(H,9,10);;;/q;+2;2*-1. The zero-order valence-corrected chi connectivity index (χ0v) is 12.0. The second-order valence-electron chi connectivity index (χ2n) is 2.95. The zero-order chi connectivity index (χ0) is 11.2. The summed E-state index contributed by atoms with van der Waals surface area (Å²) < 4.78 is 26.2. The fourth-order valence-corrected chi connectivity index (χ4v) is 1.77. The summed E-state index contributed by atoms with van der Waals surface area (Å²) in [5, 5.41) is 2.50. The van der Waals surface area contributed by atoms with E-state index in [0.717, 1.165) is 13.2 Å². The zero-order valence-electron chi connectivity index (χ0n) is 11.0. The Kier molecular flexibility index (Phi) is 10.1. The fourth-order valence-electron chi connectivity index (χ4n) is 0.822. The Bertz CT molecular complexity index is 311. The van der Waals surface area contributed by atoms with Crippen LogP contribution in [0.3, 0.4) is 0 Å². The maximum atomic E-state index is 11.0. The summed E-state index contributed by atoms with van der Waals surface area (Å²) in [6.45, 7) is 5.27. The topological polar surface area (TPSA) is 72.5 Å². The molecular formula is C8H17CaNO4S. The molecule has 5 nitrogen and oxygen atoms in total. The van der Waals surface area contributed by atoms with Gasteiger partial charge in [0.05, 0.1) is 12.9 Å². The molecular weight excluding hydrogens is 246 g/mol. The summed E-state index contributed by atoms with van der Waals surface area (Å²) >= 11 is 0. The quantitative estimate of drug-likeness (QED) is 0.407. The van der Waals surface area contributed by atoms with E-state index >= 15 is 0 Å². The van der Waals surface area contributed by atoms with Crippen molar-refractivity contribution in [3.05, 3.63) is 12.7 Å². The van der Waals surface area contributed by atoms with Crippen LogP contribution >= 0.6 is 0 Å². The van der Waals surface area contributed by atoms with E-state index < -0.39 is 10.1 Å². The van der Waals surface area contributed by atoms with Crippen LogP contribution < -0.4 is 5.32 Å². The summed E-state index contributed by atoms with van der Waals surface area (Å²) in [4.78, 5) is 10.7. The van der Waals surface area contributed by atoms with Crippen molar-refractivity contribution in [2.75, 3.05) is 19.4 Å². The van der Waals surface area contributed by atoms with Gasteiger partial charge in [-0.1, -0.05) is 13.5 Å². The minimum Gasteiger partial charge on any atom is -1.00 e. The minimum atomic E-state index is -3.45. The average Bonchev–Trinajstić information content (AvgIpc) is 2.13. The number of amides is 1. The van der Waals surface area contributed by atoms with Crippen molar-refractivity contribution in [1.29, 1.82) is 0 Å². The Morgan fingerprint density at radius 3 is 2.60 bits per heavy atom. The van der Waals surface area contributed by atoms with Crippen LogP contribution in [0.15, 0.2) is 12.7 Å². The molecule has 0 aliphatic heterocycles. The molecule has 0 aromatic rings. The SMILES string of the molecule is C=CC(=O)NCC(C)CS(=O)(=O)OC.[Ca+2].[H-].[H-]. The van der Waals surface area contributed by atoms with Gasteiger partial charge < -0.3 is 8.17 Å². The van der Waals surface area contributed by atoms with E-state index in [-0.39, 0.29) is 64.7 Å². The van der Waals surface area contributed by atoms with Gasteiger partial charge in [0.2, 0.25) is 5.91 Å². The van der Waals surface area contributed by atoms with Crippen LogP contribution in [0.1, 0.15) is 9.78 Å². The van der Waals surface area contributed by atoms with Gasteiger partial charge in [-0.15, -0.1) is 0 Å². The minimum absolute atomic E-state index is 0. The van der Waals surface area contributed by atoms with Gasteiger partial charge in [-0.25, -0.2) is 0 Å².